The van der Waals surface area contributed by atoms with Gasteiger partial charge >= 0.3 is 0 Å². The lowest BCUT2D eigenvalue weighted by Crippen LogP contribution is -2.50. The summed E-state index contributed by atoms with van der Waals surface area (Å²) in [5.74, 6) is 0.0972. The highest BCUT2D eigenvalue weighted by Crippen LogP contribution is 2.29. The fourth-order valence-electron chi connectivity index (χ4n) is 3.33. The van der Waals surface area contributed by atoms with Crippen LogP contribution >= 0.6 is 0 Å². The quantitative estimate of drug-likeness (QED) is 0.834. The molecule has 3 rings (SSSR count). The van der Waals surface area contributed by atoms with E-state index in [-0.39, 0.29) is 5.91 Å². The minimum Gasteiger partial charge on any atom is -0.373 e. The summed E-state index contributed by atoms with van der Waals surface area (Å²) >= 11 is 0. The van der Waals surface area contributed by atoms with Gasteiger partial charge in [-0.1, -0.05) is 0 Å². The first-order valence-corrected chi connectivity index (χ1v) is 9.70. The first-order valence-electron chi connectivity index (χ1n) is 8.26. The molecule has 0 N–H and O–H groups in total. The average Bonchev–Trinajstić information content (AvgIpc) is 2.92. The highest BCUT2D eigenvalue weighted by molar-refractivity contribution is 7.89. The number of hydrogen-bond acceptors (Lipinski definition) is 4. The first kappa shape index (κ1) is 17.4. The number of benzene rings is 1. The van der Waals surface area contributed by atoms with Crippen molar-refractivity contribution in [2.24, 2.45) is 0 Å². The van der Waals surface area contributed by atoms with E-state index in [2.05, 4.69) is 0 Å². The number of sulfonamides is 1. The van der Waals surface area contributed by atoms with Crippen LogP contribution in [0.2, 0.25) is 0 Å². The van der Waals surface area contributed by atoms with Crippen LogP contribution in [0.15, 0.2) is 23.1 Å². The Hall–Kier alpha value is -1.44. The van der Waals surface area contributed by atoms with Crippen molar-refractivity contribution in [3.05, 3.63) is 23.8 Å². The van der Waals surface area contributed by atoms with E-state index in [4.69, 9.17) is 4.74 Å². The fourth-order valence-corrected chi connectivity index (χ4v) is 5.11. The van der Waals surface area contributed by atoms with Crippen molar-refractivity contribution in [3.8, 4) is 0 Å². The van der Waals surface area contributed by atoms with E-state index in [1.54, 1.807) is 30.0 Å². The zero-order chi connectivity index (χ0) is 17.5. The molecular formula is C17H24N2O4S. The Morgan fingerprint density at radius 2 is 1.96 bits per heavy atom. The van der Waals surface area contributed by atoms with E-state index < -0.39 is 15.6 Å². The van der Waals surface area contributed by atoms with Crippen molar-refractivity contribution in [3.63, 3.8) is 0 Å². The number of aryl methyl sites for hydroxylation is 1. The molecule has 0 aromatic heterocycles. The molecule has 0 saturated carbocycles. The van der Waals surface area contributed by atoms with Crippen LogP contribution in [-0.4, -0.2) is 50.5 Å². The number of nitrogens with zero attached hydrogens (tertiary/aromatic N) is 2. The SMILES string of the molecule is Cc1cc(N2CCCC2=O)ccc1S(=O)(=O)N1CCOC(C)(C)C1. The first-order chi connectivity index (χ1) is 11.2. The molecule has 2 aliphatic rings. The molecular weight excluding hydrogens is 328 g/mol. The van der Waals surface area contributed by atoms with Gasteiger partial charge in [-0.25, -0.2) is 8.42 Å². The lowest BCUT2D eigenvalue weighted by atomic mass is 10.1. The normalized spacial score (nSPS) is 22.1. The Morgan fingerprint density at radius 1 is 1.21 bits per heavy atom. The predicted octanol–water partition coefficient (Wildman–Crippen LogP) is 1.92. The molecule has 0 aliphatic carbocycles. The summed E-state index contributed by atoms with van der Waals surface area (Å²) in [6.07, 6.45) is 1.41. The van der Waals surface area contributed by atoms with Crippen LogP contribution in [-0.2, 0) is 19.6 Å². The summed E-state index contributed by atoms with van der Waals surface area (Å²) < 4.78 is 33.1. The van der Waals surface area contributed by atoms with Crippen LogP contribution in [0.1, 0.15) is 32.3 Å². The van der Waals surface area contributed by atoms with Crippen LogP contribution in [0.25, 0.3) is 0 Å². The molecule has 24 heavy (non-hydrogen) atoms. The molecule has 132 valence electrons. The van der Waals surface area contributed by atoms with E-state index in [9.17, 15) is 13.2 Å². The maximum absolute atomic E-state index is 13.0. The molecule has 1 aromatic carbocycles. The van der Waals surface area contributed by atoms with Gasteiger partial charge in [0.05, 0.1) is 17.1 Å². The molecule has 6 nitrogen and oxygen atoms in total. The molecule has 1 amide bonds. The number of carbonyl (C=O) groups excluding carboxylic acids is 1. The smallest absolute Gasteiger partial charge is 0.243 e. The van der Waals surface area contributed by atoms with Gasteiger partial charge in [-0.15, -0.1) is 0 Å². The third-order valence-corrected chi connectivity index (χ3v) is 6.56. The fraction of sp³-hybridized carbons (Fsp3) is 0.588. The van der Waals surface area contributed by atoms with Crippen molar-refractivity contribution in [1.82, 2.24) is 4.31 Å². The minimum absolute atomic E-state index is 0.0972. The van der Waals surface area contributed by atoms with Gasteiger partial charge in [0.25, 0.3) is 0 Å². The molecule has 0 radical (unpaired) electrons. The number of morpholine rings is 1. The molecule has 0 unspecified atom stereocenters. The maximum atomic E-state index is 13.0. The average molecular weight is 352 g/mol. The van der Waals surface area contributed by atoms with E-state index in [1.165, 1.54) is 4.31 Å². The van der Waals surface area contributed by atoms with Crippen molar-refractivity contribution in [2.75, 3.05) is 31.1 Å². The van der Waals surface area contributed by atoms with Crippen LogP contribution in [0, 0.1) is 6.92 Å². The lowest BCUT2D eigenvalue weighted by molar-refractivity contribution is -0.117. The largest absolute Gasteiger partial charge is 0.373 e. The van der Waals surface area contributed by atoms with Gasteiger partial charge in [0.1, 0.15) is 0 Å². The van der Waals surface area contributed by atoms with Gasteiger partial charge in [0.15, 0.2) is 0 Å². The second kappa shape index (κ2) is 6.13. The van der Waals surface area contributed by atoms with E-state index in [0.717, 1.165) is 12.1 Å². The van der Waals surface area contributed by atoms with Crippen molar-refractivity contribution >= 4 is 21.6 Å². The van der Waals surface area contributed by atoms with Crippen molar-refractivity contribution in [1.29, 1.82) is 0 Å². The van der Waals surface area contributed by atoms with Gasteiger partial charge in [-0.2, -0.15) is 4.31 Å². The second-order valence-corrected chi connectivity index (χ2v) is 8.95. The summed E-state index contributed by atoms with van der Waals surface area (Å²) in [6, 6.07) is 5.14. The van der Waals surface area contributed by atoms with Gasteiger partial charge in [-0.05, 0) is 51.0 Å². The molecule has 2 aliphatic heterocycles. The number of amides is 1. The van der Waals surface area contributed by atoms with Gasteiger partial charge in [0, 0.05) is 31.7 Å². The summed E-state index contributed by atoms with van der Waals surface area (Å²) in [5, 5.41) is 0. The molecule has 2 heterocycles. The zero-order valence-electron chi connectivity index (χ0n) is 14.4. The van der Waals surface area contributed by atoms with Gasteiger partial charge in [-0.3, -0.25) is 4.79 Å². The molecule has 0 spiro atoms. The molecule has 2 fully saturated rings. The minimum atomic E-state index is -3.57. The number of anilines is 1. The number of hydrogen-bond donors (Lipinski definition) is 0. The maximum Gasteiger partial charge on any atom is 0.243 e. The number of ether oxygens (including phenoxy) is 1. The third-order valence-electron chi connectivity index (χ3n) is 4.55. The molecule has 0 atom stereocenters. The van der Waals surface area contributed by atoms with Gasteiger partial charge in [0.2, 0.25) is 15.9 Å². The number of carbonyl (C=O) groups is 1. The number of rotatable bonds is 3. The van der Waals surface area contributed by atoms with E-state index in [1.807, 2.05) is 13.8 Å². The Bertz CT molecular complexity index is 758. The summed E-state index contributed by atoms with van der Waals surface area (Å²) in [4.78, 5) is 13.9. The third kappa shape index (κ3) is 3.20. The lowest BCUT2D eigenvalue weighted by Gasteiger charge is -2.37. The Labute approximate surface area is 143 Å². The Morgan fingerprint density at radius 3 is 2.54 bits per heavy atom. The predicted molar refractivity (Wildman–Crippen MR) is 91.6 cm³/mol. The standard InChI is InChI=1S/C17H24N2O4S/c1-13-11-14(19-8-4-5-16(19)20)6-7-15(13)24(21,22)18-9-10-23-17(2,3)12-18/h6-7,11H,4-5,8-10,12H2,1-3H3. The van der Waals surface area contributed by atoms with Crippen molar-refractivity contribution in [2.45, 2.75) is 44.1 Å². The molecule has 1 aromatic rings. The Balaban J connectivity index is 1.90. The monoisotopic (exact) mass is 352 g/mol. The van der Waals surface area contributed by atoms with E-state index in [0.29, 0.717) is 43.1 Å². The van der Waals surface area contributed by atoms with Crippen molar-refractivity contribution < 1.29 is 17.9 Å². The van der Waals surface area contributed by atoms with Crippen LogP contribution in [0.4, 0.5) is 5.69 Å². The zero-order valence-corrected chi connectivity index (χ0v) is 15.2. The van der Waals surface area contributed by atoms with Gasteiger partial charge < -0.3 is 9.64 Å². The Kier molecular flexibility index (Phi) is 4.44. The topological polar surface area (TPSA) is 66.9 Å². The molecule has 0 bridgehead atoms. The summed E-state index contributed by atoms with van der Waals surface area (Å²) in [5.41, 5.74) is 0.953. The van der Waals surface area contributed by atoms with Crippen LogP contribution < -0.4 is 4.90 Å². The molecule has 7 heteroatoms. The van der Waals surface area contributed by atoms with Crippen LogP contribution in [0.3, 0.4) is 0 Å². The highest BCUT2D eigenvalue weighted by Gasteiger charge is 2.35. The summed E-state index contributed by atoms with van der Waals surface area (Å²) in [6.45, 7) is 7.35. The van der Waals surface area contributed by atoms with E-state index >= 15 is 0 Å². The van der Waals surface area contributed by atoms with Crippen LogP contribution in [0.5, 0.6) is 0 Å². The second-order valence-electron chi connectivity index (χ2n) is 7.05. The molecule has 2 saturated heterocycles. The highest BCUT2D eigenvalue weighted by atomic mass is 32.2. The summed E-state index contributed by atoms with van der Waals surface area (Å²) in [7, 11) is -3.57.